The highest BCUT2D eigenvalue weighted by Crippen LogP contribution is 2.38. The molecular formula is C12H18BrNO. The Bertz CT molecular complexity index is 359. The van der Waals surface area contributed by atoms with Crippen LogP contribution in [0.25, 0.3) is 0 Å². The Kier molecular flexibility index (Phi) is 3.79. The van der Waals surface area contributed by atoms with Crippen LogP contribution in [0.4, 0.5) is 0 Å². The van der Waals surface area contributed by atoms with E-state index < -0.39 is 0 Å². The maximum absolute atomic E-state index is 9.87. The fourth-order valence-corrected chi connectivity index (χ4v) is 2.49. The lowest BCUT2D eigenvalue weighted by Crippen LogP contribution is -2.12. The topological polar surface area (TPSA) is 46.2 Å². The molecule has 0 heterocycles. The minimum atomic E-state index is 0.320. The Morgan fingerprint density at radius 1 is 1.20 bits per heavy atom. The molecule has 0 saturated carbocycles. The highest BCUT2D eigenvalue weighted by molar-refractivity contribution is 9.10. The lowest BCUT2D eigenvalue weighted by Gasteiger charge is -2.20. The highest BCUT2D eigenvalue weighted by atomic mass is 79.9. The van der Waals surface area contributed by atoms with Crippen LogP contribution in [-0.4, -0.2) is 11.7 Å². The van der Waals surface area contributed by atoms with Gasteiger partial charge in [-0.2, -0.15) is 0 Å². The van der Waals surface area contributed by atoms with Gasteiger partial charge in [0, 0.05) is 0 Å². The molecule has 0 fully saturated rings. The van der Waals surface area contributed by atoms with E-state index in [9.17, 15) is 5.11 Å². The number of halogens is 1. The molecule has 1 aromatic rings. The van der Waals surface area contributed by atoms with Gasteiger partial charge in [-0.3, -0.25) is 0 Å². The van der Waals surface area contributed by atoms with Crippen molar-refractivity contribution in [2.45, 2.75) is 33.6 Å². The molecule has 3 heteroatoms. The van der Waals surface area contributed by atoms with Crippen LogP contribution in [0, 0.1) is 20.8 Å². The molecule has 84 valence electrons. The van der Waals surface area contributed by atoms with Gasteiger partial charge in [0.15, 0.2) is 0 Å². The Hall–Kier alpha value is -0.540. The van der Waals surface area contributed by atoms with Crippen molar-refractivity contribution in [3.8, 4) is 5.75 Å². The van der Waals surface area contributed by atoms with Gasteiger partial charge < -0.3 is 10.8 Å². The van der Waals surface area contributed by atoms with E-state index in [0.29, 0.717) is 18.2 Å². The van der Waals surface area contributed by atoms with Gasteiger partial charge >= 0.3 is 0 Å². The van der Waals surface area contributed by atoms with Gasteiger partial charge in [-0.15, -0.1) is 0 Å². The highest BCUT2D eigenvalue weighted by Gasteiger charge is 2.18. The molecule has 1 aromatic carbocycles. The van der Waals surface area contributed by atoms with Gasteiger partial charge in [0.05, 0.1) is 4.47 Å². The van der Waals surface area contributed by atoms with Crippen molar-refractivity contribution < 1.29 is 5.11 Å². The first-order valence-electron chi connectivity index (χ1n) is 5.10. The van der Waals surface area contributed by atoms with Gasteiger partial charge in [-0.1, -0.05) is 6.92 Å². The molecule has 0 saturated heterocycles. The normalized spacial score (nSPS) is 12.9. The second kappa shape index (κ2) is 4.54. The summed E-state index contributed by atoms with van der Waals surface area (Å²) in [5.74, 6) is 0.665. The third-order valence-electron chi connectivity index (χ3n) is 3.11. The molecule has 0 aliphatic carbocycles. The van der Waals surface area contributed by atoms with Crippen LogP contribution >= 0.6 is 15.9 Å². The van der Waals surface area contributed by atoms with Crippen LogP contribution in [0.15, 0.2) is 4.47 Å². The molecule has 0 aliphatic rings. The Morgan fingerprint density at radius 2 is 1.73 bits per heavy atom. The first-order valence-corrected chi connectivity index (χ1v) is 5.89. The third kappa shape index (κ3) is 2.04. The summed E-state index contributed by atoms with van der Waals surface area (Å²) >= 11 is 3.42. The van der Waals surface area contributed by atoms with Crippen LogP contribution in [0.1, 0.15) is 35.1 Å². The molecule has 0 bridgehead atoms. The predicted molar refractivity (Wildman–Crippen MR) is 67.5 cm³/mol. The number of nitrogens with two attached hydrogens (primary N) is 1. The number of benzene rings is 1. The molecule has 1 unspecified atom stereocenters. The van der Waals surface area contributed by atoms with E-state index >= 15 is 0 Å². The monoisotopic (exact) mass is 271 g/mol. The Morgan fingerprint density at radius 3 is 2.20 bits per heavy atom. The summed E-state index contributed by atoms with van der Waals surface area (Å²) in [6.45, 7) is 8.71. The van der Waals surface area contributed by atoms with E-state index in [0.717, 1.165) is 21.2 Å². The summed E-state index contributed by atoms with van der Waals surface area (Å²) in [6, 6.07) is 0. The summed E-state index contributed by atoms with van der Waals surface area (Å²) in [5.41, 5.74) is 10.1. The summed E-state index contributed by atoms with van der Waals surface area (Å²) in [4.78, 5) is 0. The average molecular weight is 272 g/mol. The molecule has 0 aromatic heterocycles. The molecule has 1 atom stereocenters. The minimum Gasteiger partial charge on any atom is -0.506 e. The zero-order chi connectivity index (χ0) is 11.7. The van der Waals surface area contributed by atoms with Crippen molar-refractivity contribution in [1.29, 1.82) is 0 Å². The number of hydrogen-bond donors (Lipinski definition) is 2. The Balaban J connectivity index is 3.52. The smallest absolute Gasteiger partial charge is 0.133 e. The quantitative estimate of drug-likeness (QED) is 0.868. The van der Waals surface area contributed by atoms with Crippen LogP contribution in [0.2, 0.25) is 0 Å². The van der Waals surface area contributed by atoms with Crippen LogP contribution < -0.4 is 5.73 Å². The van der Waals surface area contributed by atoms with Crippen molar-refractivity contribution in [3.05, 3.63) is 26.7 Å². The average Bonchev–Trinajstić information content (AvgIpc) is 2.23. The van der Waals surface area contributed by atoms with Gasteiger partial charge in [0.1, 0.15) is 5.75 Å². The molecule has 0 aliphatic heterocycles. The third-order valence-corrected chi connectivity index (χ3v) is 4.08. The zero-order valence-electron chi connectivity index (χ0n) is 9.69. The maximum atomic E-state index is 9.87. The van der Waals surface area contributed by atoms with E-state index in [4.69, 9.17) is 5.73 Å². The van der Waals surface area contributed by atoms with E-state index in [1.165, 1.54) is 5.56 Å². The van der Waals surface area contributed by atoms with Gasteiger partial charge in [-0.05, 0) is 71.4 Å². The Labute approximate surface area is 99.6 Å². The van der Waals surface area contributed by atoms with Crippen molar-refractivity contribution >= 4 is 15.9 Å². The summed E-state index contributed by atoms with van der Waals surface area (Å²) in [6.07, 6.45) is 0. The van der Waals surface area contributed by atoms with E-state index in [-0.39, 0.29) is 0 Å². The molecular weight excluding hydrogens is 254 g/mol. The van der Waals surface area contributed by atoms with Gasteiger partial charge in [0.25, 0.3) is 0 Å². The summed E-state index contributed by atoms with van der Waals surface area (Å²) < 4.78 is 0.793. The van der Waals surface area contributed by atoms with Crippen LogP contribution in [-0.2, 0) is 0 Å². The van der Waals surface area contributed by atoms with Gasteiger partial charge in [0.2, 0.25) is 0 Å². The van der Waals surface area contributed by atoms with Crippen molar-refractivity contribution in [3.63, 3.8) is 0 Å². The van der Waals surface area contributed by atoms with E-state index in [1.807, 2.05) is 20.8 Å². The maximum Gasteiger partial charge on any atom is 0.133 e. The SMILES string of the molecule is Cc1c(C)c(C(C)CN)c(C)c(Br)c1O. The van der Waals surface area contributed by atoms with Crippen LogP contribution in [0.5, 0.6) is 5.75 Å². The predicted octanol–water partition coefficient (Wildman–Crippen LogP) is 3.14. The van der Waals surface area contributed by atoms with Crippen molar-refractivity contribution in [2.24, 2.45) is 5.73 Å². The second-order valence-corrected chi connectivity index (χ2v) is 4.88. The molecule has 1 rings (SSSR count). The number of phenolic OH excluding ortho intramolecular Hbond substituents is 1. The summed E-state index contributed by atoms with van der Waals surface area (Å²) in [5, 5.41) is 9.87. The molecule has 15 heavy (non-hydrogen) atoms. The van der Waals surface area contributed by atoms with Gasteiger partial charge in [-0.25, -0.2) is 0 Å². The summed E-state index contributed by atoms with van der Waals surface area (Å²) in [7, 11) is 0. The molecule has 0 amide bonds. The van der Waals surface area contributed by atoms with Crippen molar-refractivity contribution in [1.82, 2.24) is 0 Å². The van der Waals surface area contributed by atoms with Crippen LogP contribution in [0.3, 0.4) is 0 Å². The number of rotatable bonds is 2. The second-order valence-electron chi connectivity index (χ2n) is 4.09. The first-order chi connectivity index (χ1) is 6.91. The van der Waals surface area contributed by atoms with E-state index in [1.54, 1.807) is 0 Å². The van der Waals surface area contributed by atoms with Crippen molar-refractivity contribution in [2.75, 3.05) is 6.54 Å². The minimum absolute atomic E-state index is 0.320. The fraction of sp³-hybridized carbons (Fsp3) is 0.500. The molecule has 0 radical (unpaired) electrons. The lowest BCUT2D eigenvalue weighted by atomic mass is 9.89. The number of aromatic hydroxyl groups is 1. The standard InChI is InChI=1S/C12H18BrNO/c1-6(5-14)10-7(2)8(3)12(15)11(13)9(10)4/h6,15H,5,14H2,1-4H3. The largest absolute Gasteiger partial charge is 0.506 e. The number of phenols is 1. The first kappa shape index (κ1) is 12.5. The molecule has 2 nitrogen and oxygen atoms in total. The fourth-order valence-electron chi connectivity index (χ4n) is 1.98. The molecule has 0 spiro atoms. The zero-order valence-corrected chi connectivity index (χ0v) is 11.3. The lowest BCUT2D eigenvalue weighted by molar-refractivity contribution is 0.465. The van der Waals surface area contributed by atoms with E-state index in [2.05, 4.69) is 22.9 Å². The molecule has 3 N–H and O–H groups in total. The number of hydrogen-bond acceptors (Lipinski definition) is 2.